The monoisotopic (exact) mass is 177 g/mol. The number of guanidine groups is 1. The van der Waals surface area contributed by atoms with Gasteiger partial charge in [0.05, 0.1) is 5.69 Å². The molecule has 0 aliphatic carbocycles. The summed E-state index contributed by atoms with van der Waals surface area (Å²) < 4.78 is 0. The van der Waals surface area contributed by atoms with Crippen LogP contribution in [0.5, 0.6) is 0 Å². The fourth-order valence-corrected chi connectivity index (χ4v) is 0.880. The van der Waals surface area contributed by atoms with Crippen LogP contribution in [0.15, 0.2) is 24.3 Å². The zero-order valence-electron chi connectivity index (χ0n) is 6.82. The molecule has 0 atom stereocenters. The smallest absolute Gasteiger partial charge is 0.233 e. The van der Waals surface area contributed by atoms with Crippen molar-refractivity contribution < 1.29 is 4.79 Å². The van der Waals surface area contributed by atoms with Gasteiger partial charge < -0.3 is 11.1 Å². The second-order valence-corrected chi connectivity index (χ2v) is 2.32. The van der Waals surface area contributed by atoms with Gasteiger partial charge in [-0.05, 0) is 18.2 Å². The molecule has 1 amide bonds. The van der Waals surface area contributed by atoms with Crippen LogP contribution in [0, 0.1) is 5.41 Å². The molecule has 5 nitrogen and oxygen atoms in total. The lowest BCUT2D eigenvalue weighted by Crippen LogP contribution is -2.20. The molecule has 0 aliphatic rings. The van der Waals surface area contributed by atoms with Crippen molar-refractivity contribution >= 4 is 23.7 Å². The summed E-state index contributed by atoms with van der Waals surface area (Å²) >= 11 is 0. The van der Waals surface area contributed by atoms with Crippen LogP contribution in [0.2, 0.25) is 0 Å². The Balaban J connectivity index is 2.78. The highest BCUT2D eigenvalue weighted by atomic mass is 16.1. The van der Waals surface area contributed by atoms with Gasteiger partial charge in [0.2, 0.25) is 6.41 Å². The van der Waals surface area contributed by atoms with Gasteiger partial charge in [0, 0.05) is 5.69 Å². The topological polar surface area (TPSA) is 93.1 Å². The zero-order chi connectivity index (χ0) is 9.68. The molecule has 1 rings (SSSR count). The highest BCUT2D eigenvalue weighted by Crippen LogP contribution is 2.13. The van der Waals surface area contributed by atoms with E-state index >= 15 is 0 Å². The van der Waals surface area contributed by atoms with E-state index < -0.39 is 0 Å². The molecule has 4 N–H and O–H groups in total. The van der Waals surface area contributed by atoms with Gasteiger partial charge in [0.1, 0.15) is 0 Å². The van der Waals surface area contributed by atoms with E-state index in [1.54, 1.807) is 24.3 Å². The van der Waals surface area contributed by atoms with E-state index in [9.17, 15) is 4.79 Å². The Labute approximate surface area is 75.4 Å². The first-order chi connectivity index (χ1) is 6.22. The summed E-state index contributed by atoms with van der Waals surface area (Å²) in [6, 6.07) is 6.74. The number of carbonyl (C=O) groups is 1. The van der Waals surface area contributed by atoms with Gasteiger partial charge in [0.25, 0.3) is 0 Å². The van der Waals surface area contributed by atoms with E-state index in [4.69, 9.17) is 11.1 Å². The SMILES string of the molecule is N=C(N)Nc1cccc([N]C=O)c1. The van der Waals surface area contributed by atoms with Crippen molar-refractivity contribution in [2.45, 2.75) is 0 Å². The van der Waals surface area contributed by atoms with Crippen LogP contribution < -0.4 is 16.4 Å². The van der Waals surface area contributed by atoms with Crippen LogP contribution in [0.25, 0.3) is 0 Å². The lowest BCUT2D eigenvalue weighted by molar-refractivity contribution is -0.108. The Hall–Kier alpha value is -2.04. The predicted octanol–water partition coefficient (Wildman–Crippen LogP) is 0.384. The standard InChI is InChI=1S/C8H9N4O/c9-8(10)12-7-3-1-2-6(4-7)11-5-13/h1-5H,(H4,9,10,12). The maximum Gasteiger partial charge on any atom is 0.233 e. The molecule has 13 heavy (non-hydrogen) atoms. The summed E-state index contributed by atoms with van der Waals surface area (Å²) in [4.78, 5) is 10.1. The number of nitrogens with one attached hydrogen (secondary N) is 2. The van der Waals surface area contributed by atoms with Crippen molar-refractivity contribution in [1.82, 2.24) is 5.32 Å². The minimum atomic E-state index is -0.150. The fraction of sp³-hybridized carbons (Fsp3) is 0. The van der Waals surface area contributed by atoms with Crippen molar-refractivity contribution in [2.24, 2.45) is 5.73 Å². The van der Waals surface area contributed by atoms with Gasteiger partial charge in [-0.15, -0.1) is 0 Å². The van der Waals surface area contributed by atoms with Crippen molar-refractivity contribution in [3.63, 3.8) is 0 Å². The summed E-state index contributed by atoms with van der Waals surface area (Å²) in [6.45, 7) is 0. The normalized spacial score (nSPS) is 8.92. The number of hydrogen-bond acceptors (Lipinski definition) is 2. The molecule has 5 heteroatoms. The third kappa shape index (κ3) is 2.82. The zero-order valence-corrected chi connectivity index (χ0v) is 6.82. The fourth-order valence-electron chi connectivity index (χ4n) is 0.880. The van der Waals surface area contributed by atoms with Crippen molar-refractivity contribution in [3.05, 3.63) is 24.3 Å². The summed E-state index contributed by atoms with van der Waals surface area (Å²) in [5.74, 6) is -0.150. The van der Waals surface area contributed by atoms with E-state index in [1.807, 2.05) is 0 Å². The van der Waals surface area contributed by atoms with Gasteiger partial charge in [-0.3, -0.25) is 10.2 Å². The van der Waals surface area contributed by atoms with Crippen LogP contribution in [0.1, 0.15) is 0 Å². The Bertz CT molecular complexity index is 324. The largest absolute Gasteiger partial charge is 0.370 e. The first kappa shape index (κ1) is 9.05. The van der Waals surface area contributed by atoms with E-state index in [1.165, 1.54) is 0 Å². The number of nitrogens with two attached hydrogens (primary N) is 1. The summed E-state index contributed by atoms with van der Waals surface area (Å²) in [5.41, 5.74) is 6.28. The number of carbonyl (C=O) groups excluding carboxylic acids is 1. The molecule has 0 aliphatic heterocycles. The molecule has 0 bridgehead atoms. The van der Waals surface area contributed by atoms with Gasteiger partial charge in [-0.1, -0.05) is 6.07 Å². The average Bonchev–Trinajstić information content (AvgIpc) is 2.04. The Morgan fingerprint density at radius 2 is 2.38 bits per heavy atom. The molecular weight excluding hydrogens is 168 g/mol. The number of nitrogens with zero attached hydrogens (tertiary/aromatic N) is 1. The maximum absolute atomic E-state index is 10.1. The van der Waals surface area contributed by atoms with Crippen molar-refractivity contribution in [2.75, 3.05) is 5.32 Å². The molecule has 0 saturated heterocycles. The first-order valence-corrected chi connectivity index (χ1v) is 3.58. The predicted molar refractivity (Wildman–Crippen MR) is 49.8 cm³/mol. The first-order valence-electron chi connectivity index (χ1n) is 3.58. The van der Waals surface area contributed by atoms with Crippen molar-refractivity contribution in [3.8, 4) is 0 Å². The molecule has 1 radical (unpaired) electrons. The molecule has 1 aromatic carbocycles. The Kier molecular flexibility index (Phi) is 2.86. The van der Waals surface area contributed by atoms with Crippen LogP contribution in [0.4, 0.5) is 11.4 Å². The van der Waals surface area contributed by atoms with E-state index in [2.05, 4.69) is 10.6 Å². The lowest BCUT2D eigenvalue weighted by atomic mass is 10.3. The molecule has 1 aromatic rings. The molecule has 0 aromatic heterocycles. The number of hydrogen-bond donors (Lipinski definition) is 3. The summed E-state index contributed by atoms with van der Waals surface area (Å²) in [5, 5.41) is 13.1. The molecule has 0 unspecified atom stereocenters. The second kappa shape index (κ2) is 4.10. The molecule has 0 saturated carbocycles. The Morgan fingerprint density at radius 1 is 1.62 bits per heavy atom. The van der Waals surface area contributed by atoms with Gasteiger partial charge in [-0.25, -0.2) is 5.32 Å². The van der Waals surface area contributed by atoms with Crippen LogP contribution in [-0.4, -0.2) is 12.4 Å². The third-order valence-corrected chi connectivity index (χ3v) is 1.33. The van der Waals surface area contributed by atoms with Gasteiger partial charge in [0.15, 0.2) is 5.96 Å². The number of amides is 1. The average molecular weight is 177 g/mol. The Morgan fingerprint density at radius 3 is 3.00 bits per heavy atom. The van der Waals surface area contributed by atoms with Crippen LogP contribution >= 0.6 is 0 Å². The second-order valence-electron chi connectivity index (χ2n) is 2.32. The van der Waals surface area contributed by atoms with E-state index in [0.29, 0.717) is 17.8 Å². The maximum atomic E-state index is 10.1. The van der Waals surface area contributed by atoms with Gasteiger partial charge >= 0.3 is 0 Å². The van der Waals surface area contributed by atoms with Gasteiger partial charge in [-0.2, -0.15) is 0 Å². The number of rotatable bonds is 3. The summed E-state index contributed by atoms with van der Waals surface area (Å²) in [6.07, 6.45) is 0.465. The van der Waals surface area contributed by atoms with E-state index in [0.717, 1.165) is 0 Å². The molecular formula is C8H9N4O. The van der Waals surface area contributed by atoms with Crippen LogP contribution in [-0.2, 0) is 4.79 Å². The third-order valence-electron chi connectivity index (χ3n) is 1.33. The molecule has 0 spiro atoms. The van der Waals surface area contributed by atoms with Crippen molar-refractivity contribution in [1.29, 1.82) is 5.41 Å². The number of anilines is 1. The minimum absolute atomic E-state index is 0.150. The summed E-state index contributed by atoms with van der Waals surface area (Å²) in [7, 11) is 0. The molecule has 0 fully saturated rings. The molecule has 67 valence electrons. The lowest BCUT2D eigenvalue weighted by Gasteiger charge is -2.03. The van der Waals surface area contributed by atoms with Crippen LogP contribution in [0.3, 0.4) is 0 Å². The quantitative estimate of drug-likeness (QED) is 0.354. The number of benzene rings is 1. The highest BCUT2D eigenvalue weighted by Gasteiger charge is 1.95. The minimum Gasteiger partial charge on any atom is -0.370 e. The highest BCUT2D eigenvalue weighted by molar-refractivity contribution is 5.90. The molecule has 0 heterocycles. The van der Waals surface area contributed by atoms with E-state index in [-0.39, 0.29) is 5.96 Å².